The first-order valence-electron chi connectivity index (χ1n) is 4.41. The Hall–Kier alpha value is -1.35. The van der Waals surface area contributed by atoms with Crippen molar-refractivity contribution in [1.82, 2.24) is 0 Å². The summed E-state index contributed by atoms with van der Waals surface area (Å²) in [5, 5.41) is 8.93. The van der Waals surface area contributed by atoms with Crippen LogP contribution in [-0.4, -0.2) is 11.7 Å². The monoisotopic (exact) mass is 196 g/mol. The zero-order chi connectivity index (χ0) is 10.4. The van der Waals surface area contributed by atoms with E-state index in [4.69, 9.17) is 9.84 Å². The second kappa shape index (κ2) is 5.40. The van der Waals surface area contributed by atoms with Crippen molar-refractivity contribution in [2.45, 2.75) is 13.0 Å². The second-order valence-corrected chi connectivity index (χ2v) is 2.81. The van der Waals surface area contributed by atoms with Gasteiger partial charge in [0, 0.05) is 5.56 Å². The Morgan fingerprint density at radius 1 is 1.50 bits per heavy atom. The highest BCUT2D eigenvalue weighted by Gasteiger charge is 2.07. The Morgan fingerprint density at radius 2 is 2.29 bits per heavy atom. The van der Waals surface area contributed by atoms with E-state index in [0.717, 1.165) is 0 Å². The molecule has 2 nitrogen and oxygen atoms in total. The normalized spacial score (nSPS) is 9.86. The zero-order valence-corrected chi connectivity index (χ0v) is 7.87. The van der Waals surface area contributed by atoms with Crippen LogP contribution < -0.4 is 4.74 Å². The molecule has 0 bridgehead atoms. The third-order valence-corrected chi connectivity index (χ3v) is 1.79. The minimum Gasteiger partial charge on any atom is -0.490 e. The number of para-hydroxylation sites is 1. The quantitative estimate of drug-likeness (QED) is 0.578. The molecule has 0 saturated carbocycles. The van der Waals surface area contributed by atoms with Gasteiger partial charge in [0.25, 0.3) is 0 Å². The lowest BCUT2D eigenvalue weighted by molar-refractivity contribution is 0.258. The summed E-state index contributed by atoms with van der Waals surface area (Å²) in [5.41, 5.74) is 0.467. The average Bonchev–Trinajstić information content (AvgIpc) is 2.20. The number of aliphatic hydroxyl groups excluding tert-OH is 1. The Kier molecular flexibility index (Phi) is 4.13. The number of benzene rings is 1. The Bertz CT molecular complexity index is 310. The number of aliphatic hydroxyl groups is 1. The highest BCUT2D eigenvalue weighted by atomic mass is 19.1. The van der Waals surface area contributed by atoms with Crippen LogP contribution in [0, 0.1) is 5.82 Å². The van der Waals surface area contributed by atoms with Gasteiger partial charge in [-0.2, -0.15) is 0 Å². The molecular formula is C11H13FO2. The average molecular weight is 196 g/mol. The smallest absolute Gasteiger partial charge is 0.165 e. The van der Waals surface area contributed by atoms with Gasteiger partial charge in [0.05, 0.1) is 13.2 Å². The lowest BCUT2D eigenvalue weighted by atomic mass is 10.2. The van der Waals surface area contributed by atoms with Crippen LogP contribution >= 0.6 is 0 Å². The van der Waals surface area contributed by atoms with Crippen LogP contribution in [0.1, 0.15) is 12.0 Å². The standard InChI is InChI=1S/C11H13FO2/c1-2-3-7-14-11-9(8-13)5-4-6-10(11)12/h2,4-6,13H,1,3,7-8H2. The summed E-state index contributed by atoms with van der Waals surface area (Å²) in [6, 6.07) is 4.48. The molecule has 0 amide bonds. The maximum Gasteiger partial charge on any atom is 0.165 e. The van der Waals surface area contributed by atoms with Crippen molar-refractivity contribution >= 4 is 0 Å². The summed E-state index contributed by atoms with van der Waals surface area (Å²) in [6.07, 6.45) is 2.35. The third-order valence-electron chi connectivity index (χ3n) is 1.79. The first kappa shape index (κ1) is 10.7. The summed E-state index contributed by atoms with van der Waals surface area (Å²) >= 11 is 0. The van der Waals surface area contributed by atoms with Crippen molar-refractivity contribution in [1.29, 1.82) is 0 Å². The molecule has 0 radical (unpaired) electrons. The molecular weight excluding hydrogens is 183 g/mol. The topological polar surface area (TPSA) is 29.5 Å². The Morgan fingerprint density at radius 3 is 2.93 bits per heavy atom. The molecule has 3 heteroatoms. The Labute approximate surface area is 82.6 Å². The number of ether oxygens (including phenoxy) is 1. The van der Waals surface area contributed by atoms with E-state index in [-0.39, 0.29) is 12.4 Å². The van der Waals surface area contributed by atoms with Crippen LogP contribution in [0.5, 0.6) is 5.75 Å². The molecule has 1 aromatic carbocycles. The molecule has 1 rings (SSSR count). The molecule has 0 heterocycles. The number of halogens is 1. The van der Waals surface area contributed by atoms with Crippen LogP contribution in [-0.2, 0) is 6.61 Å². The van der Waals surface area contributed by atoms with Gasteiger partial charge in [0.2, 0.25) is 0 Å². The van der Waals surface area contributed by atoms with E-state index in [2.05, 4.69) is 6.58 Å². The largest absolute Gasteiger partial charge is 0.490 e. The Balaban J connectivity index is 2.76. The van der Waals surface area contributed by atoms with Crippen LogP contribution in [0.4, 0.5) is 4.39 Å². The van der Waals surface area contributed by atoms with Gasteiger partial charge < -0.3 is 9.84 Å². The summed E-state index contributed by atoms with van der Waals surface area (Å²) in [6.45, 7) is 3.69. The van der Waals surface area contributed by atoms with Crippen molar-refractivity contribution in [2.24, 2.45) is 0 Å². The second-order valence-electron chi connectivity index (χ2n) is 2.81. The molecule has 76 valence electrons. The summed E-state index contributed by atoms with van der Waals surface area (Å²) in [5.74, 6) is -0.308. The summed E-state index contributed by atoms with van der Waals surface area (Å²) in [7, 11) is 0. The zero-order valence-electron chi connectivity index (χ0n) is 7.87. The van der Waals surface area contributed by atoms with Crippen molar-refractivity contribution in [2.75, 3.05) is 6.61 Å². The van der Waals surface area contributed by atoms with Crippen LogP contribution in [0.15, 0.2) is 30.9 Å². The van der Waals surface area contributed by atoms with Gasteiger partial charge in [-0.1, -0.05) is 18.2 Å². The molecule has 0 aromatic heterocycles. The maximum absolute atomic E-state index is 13.2. The number of hydrogen-bond acceptors (Lipinski definition) is 2. The van der Waals surface area contributed by atoms with Gasteiger partial charge in [-0.25, -0.2) is 4.39 Å². The van der Waals surface area contributed by atoms with Gasteiger partial charge >= 0.3 is 0 Å². The van der Waals surface area contributed by atoms with Crippen molar-refractivity contribution in [3.63, 3.8) is 0 Å². The molecule has 0 spiro atoms. The molecule has 0 saturated heterocycles. The fraction of sp³-hybridized carbons (Fsp3) is 0.273. The molecule has 14 heavy (non-hydrogen) atoms. The molecule has 0 fully saturated rings. The molecule has 0 unspecified atom stereocenters. The molecule has 0 aliphatic carbocycles. The van der Waals surface area contributed by atoms with E-state index in [0.29, 0.717) is 18.6 Å². The lowest BCUT2D eigenvalue weighted by Gasteiger charge is -2.09. The minimum atomic E-state index is -0.444. The van der Waals surface area contributed by atoms with E-state index in [1.54, 1.807) is 18.2 Å². The summed E-state index contributed by atoms with van der Waals surface area (Å²) in [4.78, 5) is 0. The lowest BCUT2D eigenvalue weighted by Crippen LogP contribution is -2.01. The number of rotatable bonds is 5. The fourth-order valence-corrected chi connectivity index (χ4v) is 1.08. The third kappa shape index (κ3) is 2.57. The molecule has 1 aromatic rings. The predicted octanol–water partition coefficient (Wildman–Crippen LogP) is 2.27. The highest BCUT2D eigenvalue weighted by Crippen LogP contribution is 2.22. The van der Waals surface area contributed by atoms with Gasteiger partial charge in [0.1, 0.15) is 0 Å². The van der Waals surface area contributed by atoms with Crippen molar-refractivity contribution in [3.05, 3.63) is 42.2 Å². The van der Waals surface area contributed by atoms with Crippen molar-refractivity contribution in [3.8, 4) is 5.75 Å². The van der Waals surface area contributed by atoms with Crippen LogP contribution in [0.2, 0.25) is 0 Å². The van der Waals surface area contributed by atoms with E-state index in [1.807, 2.05) is 0 Å². The fourth-order valence-electron chi connectivity index (χ4n) is 1.08. The van der Waals surface area contributed by atoms with Crippen molar-refractivity contribution < 1.29 is 14.2 Å². The highest BCUT2D eigenvalue weighted by molar-refractivity contribution is 5.34. The first-order valence-corrected chi connectivity index (χ1v) is 4.41. The predicted molar refractivity (Wildman–Crippen MR) is 52.6 cm³/mol. The first-order chi connectivity index (χ1) is 6.79. The van der Waals surface area contributed by atoms with Gasteiger partial charge in [-0.05, 0) is 12.5 Å². The van der Waals surface area contributed by atoms with Gasteiger partial charge in [-0.15, -0.1) is 6.58 Å². The van der Waals surface area contributed by atoms with E-state index in [9.17, 15) is 4.39 Å². The SMILES string of the molecule is C=CCCOc1c(F)cccc1CO. The number of hydrogen-bond donors (Lipinski definition) is 1. The van der Waals surface area contributed by atoms with Gasteiger partial charge in [0.15, 0.2) is 11.6 Å². The van der Waals surface area contributed by atoms with E-state index >= 15 is 0 Å². The minimum absolute atomic E-state index is 0.136. The van der Waals surface area contributed by atoms with Gasteiger partial charge in [-0.3, -0.25) is 0 Å². The molecule has 0 aliphatic heterocycles. The van der Waals surface area contributed by atoms with Crippen LogP contribution in [0.3, 0.4) is 0 Å². The van der Waals surface area contributed by atoms with Crippen LogP contribution in [0.25, 0.3) is 0 Å². The molecule has 1 N–H and O–H groups in total. The van der Waals surface area contributed by atoms with E-state index in [1.165, 1.54) is 6.07 Å². The van der Waals surface area contributed by atoms with E-state index < -0.39 is 5.82 Å². The summed E-state index contributed by atoms with van der Waals surface area (Å²) < 4.78 is 18.4. The molecule has 0 atom stereocenters. The molecule has 0 aliphatic rings. The maximum atomic E-state index is 13.2.